The van der Waals surface area contributed by atoms with Gasteiger partial charge in [0.2, 0.25) is 0 Å². The Balaban J connectivity index is 1.49. The maximum absolute atomic E-state index is 12.5. The third kappa shape index (κ3) is 2.62. The molecule has 2 aliphatic heterocycles. The van der Waals surface area contributed by atoms with E-state index in [0.29, 0.717) is 17.8 Å². The first-order chi connectivity index (χ1) is 11.5. The van der Waals surface area contributed by atoms with E-state index < -0.39 is 0 Å². The highest BCUT2D eigenvalue weighted by atomic mass is 16.2. The van der Waals surface area contributed by atoms with Crippen molar-refractivity contribution in [1.29, 1.82) is 0 Å². The summed E-state index contributed by atoms with van der Waals surface area (Å²) in [5.74, 6) is -0.0701. The average Bonchev–Trinajstić information content (AvgIpc) is 3.20. The standard InChI is InChI=1S/C17H24N6O/c1-9-16(10(2)23(3)22-9)14-8-15(21-20-14)17(24)19-13-6-11-4-5-12(7-13)18-11/h8,11-13,18H,4-7H2,1-3H3,(H,19,24)(H,20,21). The lowest BCUT2D eigenvalue weighted by atomic mass is 10.00. The van der Waals surface area contributed by atoms with Crippen molar-refractivity contribution in [3.8, 4) is 11.3 Å². The van der Waals surface area contributed by atoms with E-state index in [0.717, 1.165) is 35.5 Å². The Morgan fingerprint density at radius 2 is 2.00 bits per heavy atom. The topological polar surface area (TPSA) is 87.6 Å². The van der Waals surface area contributed by atoms with Crippen LogP contribution in [0.2, 0.25) is 0 Å². The number of aromatic amines is 1. The molecular formula is C17H24N6O. The van der Waals surface area contributed by atoms with Crippen molar-refractivity contribution < 1.29 is 4.79 Å². The summed E-state index contributed by atoms with van der Waals surface area (Å²) in [5.41, 5.74) is 4.24. The molecule has 0 aromatic carbocycles. The molecule has 3 N–H and O–H groups in total. The minimum Gasteiger partial charge on any atom is -0.348 e. The normalized spacial score (nSPS) is 25.9. The van der Waals surface area contributed by atoms with Crippen LogP contribution in [-0.2, 0) is 7.05 Å². The minimum atomic E-state index is -0.0701. The Hall–Kier alpha value is -2.15. The zero-order chi connectivity index (χ0) is 16.8. The molecule has 0 spiro atoms. The Morgan fingerprint density at radius 3 is 2.62 bits per heavy atom. The van der Waals surface area contributed by atoms with Crippen LogP contribution in [0.4, 0.5) is 0 Å². The number of H-pyrrole nitrogens is 1. The molecule has 0 saturated carbocycles. The minimum absolute atomic E-state index is 0.0701. The van der Waals surface area contributed by atoms with Crippen LogP contribution in [0.5, 0.6) is 0 Å². The molecule has 0 radical (unpaired) electrons. The monoisotopic (exact) mass is 328 g/mol. The number of fused-ring (bicyclic) bond motifs is 2. The number of aryl methyl sites for hydroxylation is 2. The van der Waals surface area contributed by atoms with Crippen LogP contribution in [0.15, 0.2) is 6.07 Å². The number of hydrogen-bond acceptors (Lipinski definition) is 4. The number of nitrogens with one attached hydrogen (secondary N) is 3. The number of rotatable bonds is 3. The zero-order valence-electron chi connectivity index (χ0n) is 14.4. The van der Waals surface area contributed by atoms with Gasteiger partial charge in [-0.15, -0.1) is 0 Å². The van der Waals surface area contributed by atoms with Gasteiger partial charge in [-0.05, 0) is 45.6 Å². The van der Waals surface area contributed by atoms with Gasteiger partial charge < -0.3 is 10.6 Å². The van der Waals surface area contributed by atoms with Crippen LogP contribution in [0.1, 0.15) is 47.6 Å². The summed E-state index contributed by atoms with van der Waals surface area (Å²) in [6, 6.07) is 3.20. The average molecular weight is 328 g/mol. The van der Waals surface area contributed by atoms with Crippen molar-refractivity contribution in [1.82, 2.24) is 30.6 Å². The van der Waals surface area contributed by atoms with E-state index in [1.54, 1.807) is 0 Å². The zero-order valence-corrected chi connectivity index (χ0v) is 14.4. The van der Waals surface area contributed by atoms with Crippen molar-refractivity contribution in [2.45, 2.75) is 57.7 Å². The predicted molar refractivity (Wildman–Crippen MR) is 90.7 cm³/mol. The SMILES string of the molecule is Cc1nn(C)c(C)c1-c1cc(C(=O)NC2CC3CCC(C2)N3)[nH]n1. The highest BCUT2D eigenvalue weighted by Gasteiger charge is 2.34. The molecule has 2 aromatic rings. The molecule has 2 aliphatic rings. The molecule has 2 fully saturated rings. The first-order valence-corrected chi connectivity index (χ1v) is 8.64. The number of carbonyl (C=O) groups is 1. The molecule has 2 bridgehead atoms. The van der Waals surface area contributed by atoms with Crippen molar-refractivity contribution in [2.75, 3.05) is 0 Å². The number of nitrogens with zero attached hydrogens (tertiary/aromatic N) is 3. The molecule has 2 unspecified atom stereocenters. The van der Waals surface area contributed by atoms with Crippen molar-refractivity contribution >= 4 is 5.91 Å². The first kappa shape index (κ1) is 15.4. The van der Waals surface area contributed by atoms with Crippen LogP contribution in [0.25, 0.3) is 11.3 Å². The molecule has 2 saturated heterocycles. The summed E-state index contributed by atoms with van der Waals surface area (Å²) in [4.78, 5) is 12.5. The van der Waals surface area contributed by atoms with E-state index in [2.05, 4.69) is 25.9 Å². The molecule has 7 nitrogen and oxygen atoms in total. The van der Waals surface area contributed by atoms with Gasteiger partial charge in [0.05, 0.1) is 11.4 Å². The number of hydrogen-bond donors (Lipinski definition) is 3. The number of carbonyl (C=O) groups excluding carboxylic acids is 1. The molecule has 2 atom stereocenters. The fraction of sp³-hybridized carbons (Fsp3) is 0.588. The van der Waals surface area contributed by atoms with Crippen molar-refractivity contribution in [2.24, 2.45) is 7.05 Å². The first-order valence-electron chi connectivity index (χ1n) is 8.64. The van der Waals surface area contributed by atoms with Crippen molar-refractivity contribution in [3.63, 3.8) is 0 Å². The Bertz CT molecular complexity index is 764. The summed E-state index contributed by atoms with van der Waals surface area (Å²) >= 11 is 0. The van der Waals surface area contributed by atoms with E-state index in [1.165, 1.54) is 12.8 Å². The summed E-state index contributed by atoms with van der Waals surface area (Å²) in [5, 5.41) is 18.4. The second kappa shape index (κ2) is 5.73. The van der Waals surface area contributed by atoms with Crippen LogP contribution in [0, 0.1) is 13.8 Å². The van der Waals surface area contributed by atoms with Gasteiger partial charge in [-0.25, -0.2) is 0 Å². The second-order valence-corrected chi connectivity index (χ2v) is 7.12. The molecule has 7 heteroatoms. The fourth-order valence-corrected chi connectivity index (χ4v) is 4.15. The smallest absolute Gasteiger partial charge is 0.269 e. The Labute approximate surface area is 141 Å². The van der Waals surface area contributed by atoms with Gasteiger partial charge in [0.1, 0.15) is 5.69 Å². The fourth-order valence-electron chi connectivity index (χ4n) is 4.15. The summed E-state index contributed by atoms with van der Waals surface area (Å²) < 4.78 is 1.84. The Kier molecular flexibility index (Phi) is 3.68. The lowest BCUT2D eigenvalue weighted by molar-refractivity contribution is 0.0919. The predicted octanol–water partition coefficient (Wildman–Crippen LogP) is 1.44. The van der Waals surface area contributed by atoms with E-state index in [4.69, 9.17) is 0 Å². The maximum Gasteiger partial charge on any atom is 0.269 e. The van der Waals surface area contributed by atoms with E-state index in [1.807, 2.05) is 31.6 Å². The third-order valence-electron chi connectivity index (χ3n) is 5.40. The maximum atomic E-state index is 12.5. The Morgan fingerprint density at radius 1 is 1.29 bits per heavy atom. The number of aromatic nitrogens is 4. The van der Waals surface area contributed by atoms with Crippen LogP contribution >= 0.6 is 0 Å². The molecule has 2 aromatic heterocycles. The van der Waals surface area contributed by atoms with Gasteiger partial charge in [-0.2, -0.15) is 10.2 Å². The largest absolute Gasteiger partial charge is 0.348 e. The lowest BCUT2D eigenvalue weighted by Crippen LogP contribution is -2.48. The third-order valence-corrected chi connectivity index (χ3v) is 5.40. The van der Waals surface area contributed by atoms with Gasteiger partial charge in [-0.3, -0.25) is 14.6 Å². The van der Waals surface area contributed by atoms with E-state index in [9.17, 15) is 4.79 Å². The van der Waals surface area contributed by atoms with Crippen LogP contribution < -0.4 is 10.6 Å². The number of amides is 1. The van der Waals surface area contributed by atoms with Gasteiger partial charge >= 0.3 is 0 Å². The molecular weight excluding hydrogens is 304 g/mol. The molecule has 1 amide bonds. The van der Waals surface area contributed by atoms with E-state index >= 15 is 0 Å². The van der Waals surface area contributed by atoms with Gasteiger partial charge in [-0.1, -0.05) is 0 Å². The van der Waals surface area contributed by atoms with Crippen LogP contribution in [0.3, 0.4) is 0 Å². The highest BCUT2D eigenvalue weighted by Crippen LogP contribution is 2.28. The quantitative estimate of drug-likeness (QED) is 0.795. The van der Waals surface area contributed by atoms with Crippen molar-refractivity contribution in [3.05, 3.63) is 23.1 Å². The van der Waals surface area contributed by atoms with Crippen LogP contribution in [-0.4, -0.2) is 44.0 Å². The molecule has 0 aliphatic carbocycles. The van der Waals surface area contributed by atoms with Gasteiger partial charge in [0.15, 0.2) is 0 Å². The molecule has 128 valence electrons. The molecule has 4 rings (SSSR count). The van der Waals surface area contributed by atoms with E-state index in [-0.39, 0.29) is 11.9 Å². The number of piperidine rings is 1. The lowest BCUT2D eigenvalue weighted by Gasteiger charge is -2.29. The molecule has 4 heterocycles. The molecule has 24 heavy (non-hydrogen) atoms. The van der Waals surface area contributed by atoms with Gasteiger partial charge in [0.25, 0.3) is 5.91 Å². The summed E-state index contributed by atoms with van der Waals surface area (Å²) in [6.07, 6.45) is 4.49. The summed E-state index contributed by atoms with van der Waals surface area (Å²) in [7, 11) is 1.91. The second-order valence-electron chi connectivity index (χ2n) is 7.12. The highest BCUT2D eigenvalue weighted by molar-refractivity contribution is 5.93. The van der Waals surface area contributed by atoms with Gasteiger partial charge in [0, 0.05) is 36.4 Å². The summed E-state index contributed by atoms with van der Waals surface area (Å²) in [6.45, 7) is 3.97.